The first kappa shape index (κ1) is 20.4. The summed E-state index contributed by atoms with van der Waals surface area (Å²) in [7, 11) is -3.49. The summed E-state index contributed by atoms with van der Waals surface area (Å²) in [5.41, 5.74) is 0.799. The second-order valence-corrected chi connectivity index (χ2v) is 11.3. The fourth-order valence-electron chi connectivity index (χ4n) is 3.12. The van der Waals surface area contributed by atoms with Crippen LogP contribution in [0.4, 0.5) is 0 Å². The minimum absolute atomic E-state index is 0.00946. The maximum atomic E-state index is 12.9. The van der Waals surface area contributed by atoms with E-state index in [1.807, 2.05) is 19.2 Å². The van der Waals surface area contributed by atoms with E-state index in [9.17, 15) is 13.2 Å². The summed E-state index contributed by atoms with van der Waals surface area (Å²) in [5, 5.41) is 2.98. The molecule has 6 nitrogen and oxygen atoms in total. The second-order valence-electron chi connectivity index (χ2n) is 7.07. The smallest absolute Gasteiger partial charge is 0.244 e. The lowest BCUT2D eigenvalue weighted by molar-refractivity contribution is -0.131. The molecule has 0 atom stereocenters. The van der Waals surface area contributed by atoms with Gasteiger partial charge < -0.3 is 4.90 Å². The normalized spacial score (nSPS) is 16.3. The first-order valence-corrected chi connectivity index (χ1v) is 12.1. The van der Waals surface area contributed by atoms with Gasteiger partial charge in [-0.15, -0.1) is 22.7 Å². The monoisotopic (exact) mass is 427 g/mol. The van der Waals surface area contributed by atoms with Crippen molar-refractivity contribution >= 4 is 38.6 Å². The molecule has 0 saturated carbocycles. The number of amides is 1. The van der Waals surface area contributed by atoms with E-state index in [1.165, 1.54) is 15.6 Å². The first-order valence-electron chi connectivity index (χ1n) is 8.97. The zero-order chi connectivity index (χ0) is 19.8. The molecular formula is C18H25N3O3S3. The maximum absolute atomic E-state index is 12.9. The van der Waals surface area contributed by atoms with E-state index in [-0.39, 0.29) is 12.3 Å². The Balaban J connectivity index is 1.61. The summed E-state index contributed by atoms with van der Waals surface area (Å²) in [4.78, 5) is 21.0. The number of nitrogens with zero attached hydrogens (tertiary/aromatic N) is 3. The lowest BCUT2D eigenvalue weighted by Crippen LogP contribution is -2.50. The zero-order valence-electron chi connectivity index (χ0n) is 16.1. The molecule has 2 aromatic heterocycles. The van der Waals surface area contributed by atoms with E-state index in [0.717, 1.165) is 20.5 Å². The number of thiophene rings is 1. The fraction of sp³-hybridized carbons (Fsp3) is 0.556. The number of hydrogen-bond donors (Lipinski definition) is 0. The largest absolute Gasteiger partial charge is 0.340 e. The Kier molecular flexibility index (Phi) is 6.05. The Morgan fingerprint density at radius 3 is 2.41 bits per heavy atom. The van der Waals surface area contributed by atoms with Crippen LogP contribution in [0.3, 0.4) is 0 Å². The van der Waals surface area contributed by atoms with Gasteiger partial charge in [0.2, 0.25) is 15.9 Å². The Morgan fingerprint density at radius 2 is 1.89 bits per heavy atom. The third kappa shape index (κ3) is 4.42. The van der Waals surface area contributed by atoms with Gasteiger partial charge in [0, 0.05) is 47.2 Å². The lowest BCUT2D eigenvalue weighted by atomic mass is 10.2. The minimum Gasteiger partial charge on any atom is -0.340 e. The number of piperazine rings is 1. The summed E-state index contributed by atoms with van der Waals surface area (Å²) in [5.74, 6) is 0.368. The predicted octanol–water partition coefficient (Wildman–Crippen LogP) is 3.02. The van der Waals surface area contributed by atoms with Gasteiger partial charge in [0.25, 0.3) is 0 Å². The number of thiazole rings is 1. The Morgan fingerprint density at radius 1 is 1.22 bits per heavy atom. The molecule has 0 N–H and O–H groups in total. The first-order chi connectivity index (χ1) is 12.7. The third-order valence-corrected chi connectivity index (χ3v) is 8.91. The zero-order valence-corrected chi connectivity index (χ0v) is 18.5. The molecule has 148 valence electrons. The van der Waals surface area contributed by atoms with Crippen molar-refractivity contribution in [3.63, 3.8) is 0 Å². The molecule has 0 bridgehead atoms. The number of aromatic nitrogens is 1. The summed E-state index contributed by atoms with van der Waals surface area (Å²) >= 11 is 3.08. The van der Waals surface area contributed by atoms with Crippen LogP contribution in [0.1, 0.15) is 40.2 Å². The molecular weight excluding hydrogens is 402 g/mol. The predicted molar refractivity (Wildman–Crippen MR) is 109 cm³/mol. The molecule has 0 unspecified atom stereocenters. The minimum atomic E-state index is -3.49. The molecule has 1 saturated heterocycles. The number of carbonyl (C=O) groups is 1. The molecule has 1 fully saturated rings. The summed E-state index contributed by atoms with van der Waals surface area (Å²) in [6, 6.07) is 1.74. The molecule has 0 spiro atoms. The summed E-state index contributed by atoms with van der Waals surface area (Å²) in [6.45, 7) is 9.41. The topological polar surface area (TPSA) is 70.6 Å². The van der Waals surface area contributed by atoms with Crippen molar-refractivity contribution in [1.82, 2.24) is 14.2 Å². The van der Waals surface area contributed by atoms with Gasteiger partial charge in [0.1, 0.15) is 0 Å². The molecule has 0 aliphatic carbocycles. The SMILES string of the molecule is Cc1cc(S(=O)(=O)N2CCN(C(=O)Cc3csc(C(C)C)n3)CC2)c(C)s1. The highest BCUT2D eigenvalue weighted by Gasteiger charge is 2.32. The molecule has 1 amide bonds. The average molecular weight is 428 g/mol. The lowest BCUT2D eigenvalue weighted by Gasteiger charge is -2.34. The van der Waals surface area contributed by atoms with Gasteiger partial charge in [-0.1, -0.05) is 13.8 Å². The highest BCUT2D eigenvalue weighted by Crippen LogP contribution is 2.28. The number of aryl methyl sites for hydroxylation is 2. The van der Waals surface area contributed by atoms with Crippen molar-refractivity contribution in [2.75, 3.05) is 26.2 Å². The molecule has 1 aliphatic rings. The van der Waals surface area contributed by atoms with Crippen LogP contribution in [0.5, 0.6) is 0 Å². The third-order valence-electron chi connectivity index (χ3n) is 4.60. The van der Waals surface area contributed by atoms with Gasteiger partial charge in [0.05, 0.1) is 22.0 Å². The Hall–Kier alpha value is -1.29. The molecule has 3 heterocycles. The maximum Gasteiger partial charge on any atom is 0.244 e. The van der Waals surface area contributed by atoms with Crippen LogP contribution < -0.4 is 0 Å². The molecule has 3 rings (SSSR count). The van der Waals surface area contributed by atoms with Crippen LogP contribution in [0.15, 0.2) is 16.3 Å². The van der Waals surface area contributed by atoms with E-state index in [1.54, 1.807) is 22.3 Å². The molecule has 2 aromatic rings. The van der Waals surface area contributed by atoms with Crippen molar-refractivity contribution in [2.45, 2.75) is 44.9 Å². The van der Waals surface area contributed by atoms with Crippen LogP contribution in [0, 0.1) is 13.8 Å². The van der Waals surface area contributed by atoms with Crippen LogP contribution in [-0.4, -0.2) is 54.7 Å². The highest BCUT2D eigenvalue weighted by molar-refractivity contribution is 7.89. The van der Waals surface area contributed by atoms with Crippen LogP contribution in [-0.2, 0) is 21.2 Å². The van der Waals surface area contributed by atoms with Crippen molar-refractivity contribution in [2.24, 2.45) is 0 Å². The van der Waals surface area contributed by atoms with Crippen LogP contribution >= 0.6 is 22.7 Å². The number of carbonyl (C=O) groups excluding carboxylic acids is 1. The van der Waals surface area contributed by atoms with Gasteiger partial charge in [-0.2, -0.15) is 4.31 Å². The standard InChI is InChI=1S/C18H25N3O3S3/c1-12(2)18-19-15(11-25-18)10-17(22)20-5-7-21(8-6-20)27(23,24)16-9-13(3)26-14(16)4/h9,11-12H,5-8,10H2,1-4H3. The quantitative estimate of drug-likeness (QED) is 0.735. The Bertz CT molecular complexity index is 923. The number of hydrogen-bond acceptors (Lipinski definition) is 6. The van der Waals surface area contributed by atoms with Crippen molar-refractivity contribution in [3.05, 3.63) is 31.9 Å². The Labute approximate surface area is 168 Å². The second kappa shape index (κ2) is 7.98. The molecule has 0 radical (unpaired) electrons. The van der Waals surface area contributed by atoms with Gasteiger partial charge in [-0.3, -0.25) is 4.79 Å². The summed E-state index contributed by atoms with van der Waals surface area (Å²) < 4.78 is 27.2. The van der Waals surface area contributed by atoms with E-state index < -0.39 is 10.0 Å². The molecule has 27 heavy (non-hydrogen) atoms. The van der Waals surface area contributed by atoms with E-state index in [2.05, 4.69) is 18.8 Å². The molecule has 9 heteroatoms. The van der Waals surface area contributed by atoms with Crippen molar-refractivity contribution < 1.29 is 13.2 Å². The van der Waals surface area contributed by atoms with Gasteiger partial charge >= 0.3 is 0 Å². The van der Waals surface area contributed by atoms with Crippen LogP contribution in [0.25, 0.3) is 0 Å². The van der Waals surface area contributed by atoms with Gasteiger partial charge in [0.15, 0.2) is 0 Å². The van der Waals surface area contributed by atoms with E-state index in [0.29, 0.717) is 37.0 Å². The highest BCUT2D eigenvalue weighted by atomic mass is 32.2. The van der Waals surface area contributed by atoms with E-state index in [4.69, 9.17) is 0 Å². The van der Waals surface area contributed by atoms with Gasteiger partial charge in [-0.25, -0.2) is 13.4 Å². The average Bonchev–Trinajstić information content (AvgIpc) is 3.21. The van der Waals surface area contributed by atoms with Gasteiger partial charge in [-0.05, 0) is 19.9 Å². The molecule has 1 aliphatic heterocycles. The van der Waals surface area contributed by atoms with Crippen molar-refractivity contribution in [3.8, 4) is 0 Å². The fourth-order valence-corrected chi connectivity index (χ4v) is 6.90. The van der Waals surface area contributed by atoms with Crippen molar-refractivity contribution in [1.29, 1.82) is 0 Å². The van der Waals surface area contributed by atoms with E-state index >= 15 is 0 Å². The van der Waals surface area contributed by atoms with Crippen LogP contribution in [0.2, 0.25) is 0 Å². The molecule has 0 aromatic carbocycles. The number of sulfonamides is 1. The summed E-state index contributed by atoms with van der Waals surface area (Å²) in [6.07, 6.45) is 0.277. The number of rotatable bonds is 5.